The highest BCUT2D eigenvalue weighted by Gasteiger charge is 2.22. The smallest absolute Gasteiger partial charge is 0.174 e. The molecule has 0 aliphatic rings. The van der Waals surface area contributed by atoms with Crippen LogP contribution in [0.3, 0.4) is 0 Å². The summed E-state index contributed by atoms with van der Waals surface area (Å²) >= 11 is 9.28. The first-order valence-corrected chi connectivity index (χ1v) is 6.82. The van der Waals surface area contributed by atoms with Crippen LogP contribution < -0.4 is 5.32 Å². The van der Waals surface area contributed by atoms with E-state index in [1.807, 2.05) is 6.92 Å². The lowest BCUT2D eigenvalue weighted by atomic mass is 10.0. The van der Waals surface area contributed by atoms with E-state index in [0.717, 1.165) is 17.7 Å². The van der Waals surface area contributed by atoms with Gasteiger partial charge in [0, 0.05) is 10.6 Å². The Bertz CT molecular complexity index is 588. The molecule has 0 radical (unpaired) electrons. The molecule has 2 nitrogen and oxygen atoms in total. The Kier molecular flexibility index (Phi) is 4.60. The Labute approximate surface area is 122 Å². The average molecular weight is 351 g/mol. The largest absolute Gasteiger partial charge is 0.457 e. The van der Waals surface area contributed by atoms with Crippen molar-refractivity contribution in [3.05, 3.63) is 56.9 Å². The van der Waals surface area contributed by atoms with E-state index < -0.39 is 11.6 Å². The predicted octanol–water partition coefficient (Wildman–Crippen LogP) is 4.67. The molecular weight excluding hydrogens is 340 g/mol. The molecule has 0 aliphatic carbocycles. The highest BCUT2D eigenvalue weighted by molar-refractivity contribution is 9.10. The zero-order chi connectivity index (χ0) is 14.0. The molecular formula is C13H11BrClF2NO. The fourth-order valence-electron chi connectivity index (χ4n) is 1.86. The van der Waals surface area contributed by atoms with Crippen molar-refractivity contribution >= 4 is 27.5 Å². The van der Waals surface area contributed by atoms with Crippen LogP contribution in [0.25, 0.3) is 0 Å². The van der Waals surface area contributed by atoms with E-state index in [1.54, 1.807) is 6.07 Å². The molecule has 6 heteroatoms. The third kappa shape index (κ3) is 2.99. The lowest BCUT2D eigenvalue weighted by Gasteiger charge is -2.19. The van der Waals surface area contributed by atoms with E-state index in [0.29, 0.717) is 16.8 Å². The molecule has 1 N–H and O–H groups in total. The molecule has 0 fully saturated rings. The minimum atomic E-state index is -0.963. The second-order valence-corrected chi connectivity index (χ2v) is 5.06. The van der Waals surface area contributed by atoms with Gasteiger partial charge in [0.25, 0.3) is 0 Å². The van der Waals surface area contributed by atoms with Crippen LogP contribution in [-0.4, -0.2) is 6.54 Å². The summed E-state index contributed by atoms with van der Waals surface area (Å²) in [5.41, 5.74) is 1.24. The molecule has 1 unspecified atom stereocenters. The van der Waals surface area contributed by atoms with Crippen LogP contribution in [0.15, 0.2) is 33.5 Å². The normalized spacial score (nSPS) is 12.7. The van der Waals surface area contributed by atoms with Crippen molar-refractivity contribution in [1.82, 2.24) is 5.32 Å². The minimum absolute atomic E-state index is 0.165. The van der Waals surface area contributed by atoms with Gasteiger partial charge in [-0.25, -0.2) is 8.78 Å². The SMILES string of the molecule is CCNC(c1cc(F)c(F)cc1Cl)c1ccoc1Br. The molecule has 1 atom stereocenters. The molecule has 1 aromatic carbocycles. The third-order valence-electron chi connectivity index (χ3n) is 2.72. The van der Waals surface area contributed by atoms with Gasteiger partial charge in [0.1, 0.15) is 0 Å². The van der Waals surface area contributed by atoms with E-state index in [1.165, 1.54) is 6.26 Å². The van der Waals surface area contributed by atoms with Crippen LogP contribution in [0.2, 0.25) is 5.02 Å². The molecule has 0 amide bonds. The Balaban J connectivity index is 2.51. The maximum atomic E-state index is 13.4. The van der Waals surface area contributed by atoms with E-state index in [9.17, 15) is 8.78 Å². The predicted molar refractivity (Wildman–Crippen MR) is 73.3 cm³/mol. The molecule has 19 heavy (non-hydrogen) atoms. The number of rotatable bonds is 4. The first-order chi connectivity index (χ1) is 9.04. The van der Waals surface area contributed by atoms with Crippen LogP contribution in [0.1, 0.15) is 24.1 Å². The van der Waals surface area contributed by atoms with Gasteiger partial charge in [-0.15, -0.1) is 0 Å². The van der Waals surface area contributed by atoms with Gasteiger partial charge >= 0.3 is 0 Å². The van der Waals surface area contributed by atoms with Gasteiger partial charge in [-0.05, 0) is 46.2 Å². The second kappa shape index (κ2) is 6.03. The van der Waals surface area contributed by atoms with Gasteiger partial charge < -0.3 is 9.73 Å². The lowest BCUT2D eigenvalue weighted by Crippen LogP contribution is -2.22. The van der Waals surface area contributed by atoms with Crippen molar-refractivity contribution in [2.24, 2.45) is 0 Å². The van der Waals surface area contributed by atoms with E-state index in [-0.39, 0.29) is 11.1 Å². The molecule has 102 valence electrons. The van der Waals surface area contributed by atoms with Gasteiger partial charge in [-0.1, -0.05) is 18.5 Å². The Morgan fingerprint density at radius 2 is 2.00 bits per heavy atom. The summed E-state index contributed by atoms with van der Waals surface area (Å²) < 4.78 is 32.2. The molecule has 0 saturated heterocycles. The van der Waals surface area contributed by atoms with Gasteiger partial charge in [0.15, 0.2) is 16.3 Å². The summed E-state index contributed by atoms with van der Waals surface area (Å²) in [5.74, 6) is -1.89. The molecule has 0 aliphatic heterocycles. The second-order valence-electron chi connectivity index (χ2n) is 3.93. The van der Waals surface area contributed by atoms with Crippen LogP contribution in [0, 0.1) is 11.6 Å². The molecule has 0 spiro atoms. The summed E-state index contributed by atoms with van der Waals surface area (Å²) in [6.07, 6.45) is 1.51. The van der Waals surface area contributed by atoms with Gasteiger partial charge in [-0.2, -0.15) is 0 Å². The van der Waals surface area contributed by atoms with Crippen molar-refractivity contribution < 1.29 is 13.2 Å². The van der Waals surface area contributed by atoms with E-state index in [2.05, 4.69) is 21.2 Å². The fraction of sp³-hybridized carbons (Fsp3) is 0.231. The average Bonchev–Trinajstić information content (AvgIpc) is 2.77. The Hall–Kier alpha value is -0.910. The van der Waals surface area contributed by atoms with Crippen LogP contribution >= 0.6 is 27.5 Å². The molecule has 2 rings (SSSR count). The summed E-state index contributed by atoms with van der Waals surface area (Å²) in [6.45, 7) is 2.55. The highest BCUT2D eigenvalue weighted by atomic mass is 79.9. The summed E-state index contributed by atoms with van der Waals surface area (Å²) in [5, 5.41) is 3.33. The number of hydrogen-bond donors (Lipinski definition) is 1. The standard InChI is InChI=1S/C13H11BrClF2NO/c1-2-18-12(7-3-4-19-13(7)14)8-5-10(16)11(17)6-9(8)15/h3-6,12,18H,2H2,1H3. The molecule has 2 aromatic rings. The van der Waals surface area contributed by atoms with Crippen molar-refractivity contribution in [2.45, 2.75) is 13.0 Å². The first kappa shape index (κ1) is 14.5. The van der Waals surface area contributed by atoms with Crippen LogP contribution in [0.4, 0.5) is 8.78 Å². The number of nitrogens with one attached hydrogen (secondary N) is 1. The number of halogens is 4. The maximum Gasteiger partial charge on any atom is 0.174 e. The number of furan rings is 1. The highest BCUT2D eigenvalue weighted by Crippen LogP contribution is 2.34. The van der Waals surface area contributed by atoms with Crippen LogP contribution in [-0.2, 0) is 0 Å². The molecule has 1 aromatic heterocycles. The summed E-state index contributed by atoms with van der Waals surface area (Å²) in [4.78, 5) is 0. The van der Waals surface area contributed by atoms with E-state index >= 15 is 0 Å². The molecule has 0 saturated carbocycles. The maximum absolute atomic E-state index is 13.4. The summed E-state index contributed by atoms with van der Waals surface area (Å²) in [6, 6.07) is 3.45. The topological polar surface area (TPSA) is 25.2 Å². The lowest BCUT2D eigenvalue weighted by molar-refractivity contribution is 0.502. The minimum Gasteiger partial charge on any atom is -0.457 e. The Morgan fingerprint density at radius 3 is 2.58 bits per heavy atom. The van der Waals surface area contributed by atoms with Crippen molar-refractivity contribution in [1.29, 1.82) is 0 Å². The van der Waals surface area contributed by atoms with Gasteiger partial charge in [0.2, 0.25) is 0 Å². The quantitative estimate of drug-likeness (QED) is 0.811. The van der Waals surface area contributed by atoms with Crippen molar-refractivity contribution in [3.8, 4) is 0 Å². The van der Waals surface area contributed by atoms with Gasteiger partial charge in [0.05, 0.1) is 12.3 Å². The van der Waals surface area contributed by atoms with Crippen molar-refractivity contribution in [2.75, 3.05) is 6.54 Å². The molecule has 0 bridgehead atoms. The zero-order valence-electron chi connectivity index (χ0n) is 10.0. The van der Waals surface area contributed by atoms with Crippen molar-refractivity contribution in [3.63, 3.8) is 0 Å². The number of hydrogen-bond acceptors (Lipinski definition) is 2. The Morgan fingerprint density at radius 1 is 1.32 bits per heavy atom. The zero-order valence-corrected chi connectivity index (χ0v) is 12.4. The first-order valence-electron chi connectivity index (χ1n) is 5.65. The monoisotopic (exact) mass is 349 g/mol. The van der Waals surface area contributed by atoms with Crippen LogP contribution in [0.5, 0.6) is 0 Å². The van der Waals surface area contributed by atoms with Gasteiger partial charge in [-0.3, -0.25) is 0 Å². The third-order valence-corrected chi connectivity index (χ3v) is 3.69. The number of benzene rings is 1. The summed E-state index contributed by atoms with van der Waals surface area (Å²) in [7, 11) is 0. The van der Waals surface area contributed by atoms with E-state index in [4.69, 9.17) is 16.0 Å². The molecule has 1 heterocycles. The fourth-order valence-corrected chi connectivity index (χ4v) is 2.59.